The van der Waals surface area contributed by atoms with E-state index in [1.165, 1.54) is 42.4 Å². The number of nitrogens with one attached hydrogen (secondary N) is 1. The molecule has 1 saturated carbocycles. The van der Waals surface area contributed by atoms with Crippen molar-refractivity contribution in [2.75, 3.05) is 20.6 Å². The molecule has 1 aliphatic rings. The van der Waals surface area contributed by atoms with E-state index in [1.807, 2.05) is 11.6 Å². The molecule has 7 nitrogen and oxygen atoms in total. The Kier molecular flexibility index (Phi) is 6.82. The molecule has 8 heteroatoms. The minimum absolute atomic E-state index is 0.0156. The largest absolute Gasteiger partial charge is 0.355 e. The number of sulfonamides is 1. The van der Waals surface area contributed by atoms with Crippen molar-refractivity contribution in [3.63, 3.8) is 0 Å². The molecule has 34 heavy (non-hydrogen) atoms. The summed E-state index contributed by atoms with van der Waals surface area (Å²) in [4.78, 5) is 17.6. The zero-order chi connectivity index (χ0) is 24.5. The lowest BCUT2D eigenvalue weighted by atomic mass is 9.78. The van der Waals surface area contributed by atoms with Crippen molar-refractivity contribution in [2.24, 2.45) is 7.05 Å². The lowest BCUT2D eigenvalue weighted by Gasteiger charge is -2.30. The molecular weight excluding hydrogens is 448 g/mol. The number of aromatic nitrogens is 2. The minimum Gasteiger partial charge on any atom is -0.355 e. The number of carbonyl (C=O) groups is 1. The van der Waals surface area contributed by atoms with Crippen LogP contribution in [0.2, 0.25) is 0 Å². The maximum absolute atomic E-state index is 12.8. The molecule has 1 aromatic heterocycles. The summed E-state index contributed by atoms with van der Waals surface area (Å²) in [5.74, 6) is 0.778. The van der Waals surface area contributed by atoms with Crippen molar-refractivity contribution in [3.8, 4) is 0 Å². The highest BCUT2D eigenvalue weighted by Crippen LogP contribution is 2.40. The molecule has 1 amide bonds. The van der Waals surface area contributed by atoms with Gasteiger partial charge in [0.1, 0.15) is 5.82 Å². The van der Waals surface area contributed by atoms with E-state index in [2.05, 4.69) is 41.5 Å². The Morgan fingerprint density at radius 1 is 1.15 bits per heavy atom. The molecule has 4 rings (SSSR count). The van der Waals surface area contributed by atoms with Crippen molar-refractivity contribution in [3.05, 3.63) is 59.4 Å². The molecule has 1 fully saturated rings. The molecular formula is C26H34N4O3S. The van der Waals surface area contributed by atoms with Gasteiger partial charge in [-0.1, -0.05) is 42.7 Å². The molecule has 2 aromatic carbocycles. The van der Waals surface area contributed by atoms with Crippen LogP contribution in [0.15, 0.2) is 47.4 Å². The second kappa shape index (κ2) is 9.50. The van der Waals surface area contributed by atoms with Crippen LogP contribution in [0.4, 0.5) is 0 Å². The smallest absolute Gasteiger partial charge is 0.242 e. The van der Waals surface area contributed by atoms with E-state index in [0.717, 1.165) is 24.2 Å². The second-order valence-corrected chi connectivity index (χ2v) is 11.8. The van der Waals surface area contributed by atoms with Crippen LogP contribution < -0.4 is 5.32 Å². The van der Waals surface area contributed by atoms with Crippen LogP contribution in [-0.4, -0.2) is 48.8 Å². The average molecular weight is 483 g/mol. The molecule has 1 heterocycles. The average Bonchev–Trinajstić information content (AvgIpc) is 3.41. The number of imidazole rings is 1. The number of rotatable bonds is 8. The molecule has 1 aliphatic carbocycles. The fourth-order valence-electron chi connectivity index (χ4n) is 5.00. The first-order chi connectivity index (χ1) is 16.1. The highest BCUT2D eigenvalue weighted by Gasteiger charge is 2.35. The molecule has 0 radical (unpaired) electrons. The highest BCUT2D eigenvalue weighted by atomic mass is 32.2. The number of nitrogens with zero attached hydrogens (tertiary/aromatic N) is 3. The molecule has 182 valence electrons. The SMILES string of the molecule is Cc1cccc(C2(CNC(=O)CCc3nc4cc(S(=O)(=O)N(C)C)ccc4n3C)CCCC2)c1. The Balaban J connectivity index is 1.43. The predicted octanol–water partition coefficient (Wildman–Crippen LogP) is 3.69. The number of carbonyl (C=O) groups excluding carboxylic acids is 1. The summed E-state index contributed by atoms with van der Waals surface area (Å²) < 4.78 is 28.0. The van der Waals surface area contributed by atoms with Crippen LogP contribution in [0.25, 0.3) is 11.0 Å². The molecule has 0 saturated heterocycles. The van der Waals surface area contributed by atoms with Crippen molar-refractivity contribution in [1.82, 2.24) is 19.2 Å². The molecule has 0 atom stereocenters. The number of amides is 1. The number of fused-ring (bicyclic) bond motifs is 1. The van der Waals surface area contributed by atoms with E-state index in [9.17, 15) is 13.2 Å². The van der Waals surface area contributed by atoms with Gasteiger partial charge in [-0.05, 0) is 43.5 Å². The predicted molar refractivity (Wildman–Crippen MR) is 134 cm³/mol. The van der Waals surface area contributed by atoms with E-state index in [1.54, 1.807) is 18.2 Å². The van der Waals surface area contributed by atoms with Crippen molar-refractivity contribution in [1.29, 1.82) is 0 Å². The van der Waals surface area contributed by atoms with Crippen LogP contribution in [0.1, 0.15) is 49.1 Å². The first kappa shape index (κ1) is 24.4. The van der Waals surface area contributed by atoms with Gasteiger partial charge in [0.2, 0.25) is 15.9 Å². The fourth-order valence-corrected chi connectivity index (χ4v) is 5.92. The third kappa shape index (κ3) is 4.74. The topological polar surface area (TPSA) is 84.3 Å². The maximum atomic E-state index is 12.8. The van der Waals surface area contributed by atoms with E-state index >= 15 is 0 Å². The lowest BCUT2D eigenvalue weighted by Crippen LogP contribution is -2.39. The van der Waals surface area contributed by atoms with E-state index in [-0.39, 0.29) is 16.2 Å². The number of hydrogen-bond acceptors (Lipinski definition) is 4. The maximum Gasteiger partial charge on any atom is 0.242 e. The summed E-state index contributed by atoms with van der Waals surface area (Å²) in [6, 6.07) is 13.6. The standard InChI is InChI=1S/C26H34N4O3S/c1-19-8-7-9-20(16-19)26(14-5-6-15-26)18-27-25(31)13-12-24-28-22-17-21(34(32,33)29(2)3)10-11-23(22)30(24)4/h7-11,16-17H,5-6,12-15,18H2,1-4H3,(H,27,31). The quantitative estimate of drug-likeness (QED) is 0.531. The van der Waals surface area contributed by atoms with Gasteiger partial charge in [-0.15, -0.1) is 0 Å². The van der Waals surface area contributed by atoms with Crippen molar-refractivity contribution in [2.45, 2.75) is 55.8 Å². The second-order valence-electron chi connectivity index (χ2n) is 9.66. The van der Waals surface area contributed by atoms with Crippen LogP contribution in [0.5, 0.6) is 0 Å². The summed E-state index contributed by atoms with van der Waals surface area (Å²) in [6.07, 6.45) is 5.40. The van der Waals surface area contributed by atoms with Gasteiger partial charge in [-0.25, -0.2) is 17.7 Å². The Morgan fingerprint density at radius 2 is 1.88 bits per heavy atom. The molecule has 0 bridgehead atoms. The van der Waals surface area contributed by atoms with Crippen molar-refractivity contribution >= 4 is 27.0 Å². The minimum atomic E-state index is -3.52. The monoisotopic (exact) mass is 482 g/mol. The Morgan fingerprint density at radius 3 is 2.56 bits per heavy atom. The van der Waals surface area contributed by atoms with Crippen LogP contribution in [-0.2, 0) is 33.7 Å². The van der Waals surface area contributed by atoms with Crippen molar-refractivity contribution < 1.29 is 13.2 Å². The molecule has 0 aliphatic heterocycles. The third-order valence-corrected chi connectivity index (χ3v) is 8.93. The highest BCUT2D eigenvalue weighted by molar-refractivity contribution is 7.89. The van der Waals surface area contributed by atoms with Gasteiger partial charge >= 0.3 is 0 Å². The van der Waals surface area contributed by atoms with Gasteiger partial charge in [-0.2, -0.15) is 0 Å². The Hall–Kier alpha value is -2.71. The van der Waals surface area contributed by atoms with E-state index in [0.29, 0.717) is 24.9 Å². The first-order valence-electron chi connectivity index (χ1n) is 11.8. The van der Waals surface area contributed by atoms with Gasteiger partial charge in [0.25, 0.3) is 0 Å². The van der Waals surface area contributed by atoms with E-state index in [4.69, 9.17) is 0 Å². The Bertz CT molecular complexity index is 1300. The summed E-state index contributed by atoms with van der Waals surface area (Å²) in [7, 11) is 1.39. The van der Waals surface area contributed by atoms with Crippen LogP contribution in [0, 0.1) is 6.92 Å². The van der Waals surface area contributed by atoms with Gasteiger partial charge in [0.15, 0.2) is 0 Å². The lowest BCUT2D eigenvalue weighted by molar-refractivity contribution is -0.121. The van der Waals surface area contributed by atoms with E-state index < -0.39 is 10.0 Å². The molecule has 0 spiro atoms. The third-order valence-electron chi connectivity index (χ3n) is 7.11. The summed E-state index contributed by atoms with van der Waals surface area (Å²) in [5, 5.41) is 3.19. The van der Waals surface area contributed by atoms with Crippen LogP contribution >= 0.6 is 0 Å². The number of benzene rings is 2. The summed E-state index contributed by atoms with van der Waals surface area (Å²) in [6.45, 7) is 2.77. The van der Waals surface area contributed by atoms with Gasteiger partial charge in [0, 0.05) is 45.9 Å². The fraction of sp³-hybridized carbons (Fsp3) is 0.462. The van der Waals surface area contributed by atoms with Crippen LogP contribution in [0.3, 0.4) is 0 Å². The summed E-state index contributed by atoms with van der Waals surface area (Å²) >= 11 is 0. The first-order valence-corrected chi connectivity index (χ1v) is 13.3. The number of aryl methyl sites for hydroxylation is 3. The molecule has 0 unspecified atom stereocenters. The molecule has 3 aromatic rings. The zero-order valence-corrected chi connectivity index (χ0v) is 21.3. The molecule has 1 N–H and O–H groups in total. The number of hydrogen-bond donors (Lipinski definition) is 1. The zero-order valence-electron chi connectivity index (χ0n) is 20.5. The van der Waals surface area contributed by atoms with Gasteiger partial charge < -0.3 is 9.88 Å². The summed E-state index contributed by atoms with van der Waals surface area (Å²) in [5.41, 5.74) is 4.05. The van der Waals surface area contributed by atoms with Gasteiger partial charge in [-0.3, -0.25) is 4.79 Å². The van der Waals surface area contributed by atoms with Gasteiger partial charge in [0.05, 0.1) is 15.9 Å². The Labute approximate surface area is 202 Å². The normalized spacial score (nSPS) is 15.8.